The molecule has 3 N–H and O–H groups in total. The largest absolute Gasteiger partial charge is 0.478 e. The molecule has 1 fully saturated rings. The van der Waals surface area contributed by atoms with Crippen molar-refractivity contribution in [2.24, 2.45) is 5.92 Å². The predicted molar refractivity (Wildman–Crippen MR) is 81.6 cm³/mol. The van der Waals surface area contributed by atoms with Crippen molar-refractivity contribution in [1.29, 1.82) is 0 Å². The Labute approximate surface area is 123 Å². The van der Waals surface area contributed by atoms with Gasteiger partial charge in [-0.15, -0.1) is 11.8 Å². The Bertz CT molecular complexity index is 478. The molecule has 2 unspecified atom stereocenters. The second kappa shape index (κ2) is 6.99. The van der Waals surface area contributed by atoms with Crippen LogP contribution in [0.25, 0.3) is 0 Å². The molecule has 0 saturated heterocycles. The molecule has 5 heteroatoms. The molecule has 2 rings (SSSR count). The molecule has 4 nitrogen and oxygen atoms in total. The highest BCUT2D eigenvalue weighted by atomic mass is 32.2. The van der Waals surface area contributed by atoms with Crippen LogP contribution in [0.4, 0.5) is 5.69 Å². The number of benzene rings is 1. The average Bonchev–Trinajstić information content (AvgIpc) is 2.44. The van der Waals surface area contributed by atoms with Crippen molar-refractivity contribution in [3.8, 4) is 0 Å². The van der Waals surface area contributed by atoms with Gasteiger partial charge in [-0.05, 0) is 43.6 Å². The number of aliphatic hydroxyl groups excluding tert-OH is 1. The van der Waals surface area contributed by atoms with E-state index in [9.17, 15) is 15.0 Å². The van der Waals surface area contributed by atoms with Crippen LogP contribution >= 0.6 is 11.8 Å². The monoisotopic (exact) mass is 295 g/mol. The number of anilines is 1. The summed E-state index contributed by atoms with van der Waals surface area (Å²) in [6.45, 7) is 0.717. The summed E-state index contributed by atoms with van der Waals surface area (Å²) in [5.74, 6) is -0.487. The molecule has 1 aliphatic carbocycles. The Morgan fingerprint density at radius 3 is 2.90 bits per heavy atom. The fraction of sp³-hybridized carbons (Fsp3) is 0.533. The van der Waals surface area contributed by atoms with Gasteiger partial charge < -0.3 is 15.5 Å². The molecule has 20 heavy (non-hydrogen) atoms. The molecule has 110 valence electrons. The van der Waals surface area contributed by atoms with Gasteiger partial charge in [0.15, 0.2) is 0 Å². The van der Waals surface area contributed by atoms with Crippen LogP contribution in [0.5, 0.6) is 0 Å². The molecule has 0 aromatic heterocycles. The molecular formula is C15H21NO3S. The first-order chi connectivity index (χ1) is 9.61. The number of aromatic carboxylic acids is 1. The molecule has 0 spiro atoms. The number of nitrogens with one attached hydrogen (secondary N) is 1. The first kappa shape index (κ1) is 15.2. The van der Waals surface area contributed by atoms with Gasteiger partial charge in [0.25, 0.3) is 0 Å². The van der Waals surface area contributed by atoms with Crippen LogP contribution in [0.15, 0.2) is 23.1 Å². The molecule has 1 aliphatic rings. The highest BCUT2D eigenvalue weighted by molar-refractivity contribution is 7.98. The molecule has 0 heterocycles. The van der Waals surface area contributed by atoms with Gasteiger partial charge in [-0.25, -0.2) is 4.79 Å². The van der Waals surface area contributed by atoms with E-state index in [1.54, 1.807) is 0 Å². The number of aliphatic hydroxyl groups is 1. The standard InChI is InChI=1S/C15H21NO3S/c1-20-13-7-3-6-12(14(13)15(18)19)16-9-10-4-2-5-11(17)8-10/h3,6-7,10-11,16-17H,2,4-5,8-9H2,1H3,(H,18,19). The summed E-state index contributed by atoms with van der Waals surface area (Å²) in [4.78, 5) is 12.2. The third kappa shape index (κ3) is 3.67. The SMILES string of the molecule is CSc1cccc(NCC2CCCC(O)C2)c1C(=O)O. The normalized spacial score (nSPS) is 22.5. The Morgan fingerprint density at radius 2 is 2.25 bits per heavy atom. The minimum Gasteiger partial charge on any atom is -0.478 e. The lowest BCUT2D eigenvalue weighted by Crippen LogP contribution is -2.25. The summed E-state index contributed by atoms with van der Waals surface area (Å²) in [5, 5.41) is 22.3. The lowest BCUT2D eigenvalue weighted by molar-refractivity contribution is 0.0694. The summed E-state index contributed by atoms with van der Waals surface area (Å²) in [7, 11) is 0. The minimum atomic E-state index is -0.902. The summed E-state index contributed by atoms with van der Waals surface area (Å²) in [6, 6.07) is 5.50. The summed E-state index contributed by atoms with van der Waals surface area (Å²) in [6.07, 6.45) is 5.50. The maximum atomic E-state index is 11.4. The fourth-order valence-corrected chi connectivity index (χ4v) is 3.39. The molecule has 1 aromatic rings. The predicted octanol–water partition coefficient (Wildman–Crippen LogP) is 3.07. The van der Waals surface area contributed by atoms with Crippen LogP contribution in [0.2, 0.25) is 0 Å². The van der Waals surface area contributed by atoms with Crippen molar-refractivity contribution in [2.45, 2.75) is 36.7 Å². The highest BCUT2D eigenvalue weighted by Gasteiger charge is 2.21. The van der Waals surface area contributed by atoms with E-state index in [0.29, 0.717) is 17.2 Å². The Hall–Kier alpha value is -1.20. The summed E-state index contributed by atoms with van der Waals surface area (Å²) in [5.41, 5.74) is 1.01. The van der Waals surface area contributed by atoms with Gasteiger partial charge in [0.2, 0.25) is 0 Å². The number of carbonyl (C=O) groups is 1. The topological polar surface area (TPSA) is 69.6 Å². The van der Waals surface area contributed by atoms with Crippen LogP contribution in [0.1, 0.15) is 36.0 Å². The maximum Gasteiger partial charge on any atom is 0.338 e. The van der Waals surface area contributed by atoms with Crippen LogP contribution in [-0.2, 0) is 0 Å². The van der Waals surface area contributed by atoms with Gasteiger partial charge >= 0.3 is 5.97 Å². The van der Waals surface area contributed by atoms with E-state index in [-0.39, 0.29) is 6.10 Å². The second-order valence-corrected chi connectivity index (χ2v) is 6.10. The Morgan fingerprint density at radius 1 is 1.45 bits per heavy atom. The average molecular weight is 295 g/mol. The van der Waals surface area contributed by atoms with E-state index < -0.39 is 5.97 Å². The van der Waals surface area contributed by atoms with Crippen molar-refractivity contribution >= 4 is 23.4 Å². The number of hydrogen-bond donors (Lipinski definition) is 3. The second-order valence-electron chi connectivity index (χ2n) is 5.26. The Kier molecular flexibility index (Phi) is 5.31. The molecule has 0 bridgehead atoms. The van der Waals surface area contributed by atoms with E-state index >= 15 is 0 Å². The summed E-state index contributed by atoms with van der Waals surface area (Å²) < 4.78 is 0. The van der Waals surface area contributed by atoms with Crippen LogP contribution in [-0.4, -0.2) is 35.1 Å². The minimum absolute atomic E-state index is 0.202. The number of rotatable bonds is 5. The third-order valence-electron chi connectivity index (χ3n) is 3.80. The summed E-state index contributed by atoms with van der Waals surface area (Å²) >= 11 is 1.44. The van der Waals surface area contributed by atoms with Crippen molar-refractivity contribution in [2.75, 3.05) is 18.1 Å². The van der Waals surface area contributed by atoms with Gasteiger partial charge in [0.1, 0.15) is 0 Å². The van der Waals surface area contributed by atoms with E-state index in [0.717, 1.165) is 37.1 Å². The number of carboxylic acids is 1. The van der Waals surface area contributed by atoms with E-state index in [1.165, 1.54) is 11.8 Å². The molecule has 0 amide bonds. The molecule has 1 saturated carbocycles. The smallest absolute Gasteiger partial charge is 0.338 e. The van der Waals surface area contributed by atoms with Gasteiger partial charge in [-0.1, -0.05) is 12.5 Å². The van der Waals surface area contributed by atoms with Gasteiger partial charge in [0, 0.05) is 17.1 Å². The lowest BCUT2D eigenvalue weighted by atomic mass is 9.87. The molecule has 0 radical (unpaired) electrons. The first-order valence-electron chi connectivity index (χ1n) is 6.94. The molecule has 0 aliphatic heterocycles. The van der Waals surface area contributed by atoms with Gasteiger partial charge in [-0.3, -0.25) is 0 Å². The molecule has 1 aromatic carbocycles. The number of thioether (sulfide) groups is 1. The zero-order valence-electron chi connectivity index (χ0n) is 11.6. The molecule has 2 atom stereocenters. The van der Waals surface area contributed by atoms with Crippen molar-refractivity contribution in [3.63, 3.8) is 0 Å². The van der Waals surface area contributed by atoms with Crippen molar-refractivity contribution < 1.29 is 15.0 Å². The molecular weight excluding hydrogens is 274 g/mol. The quantitative estimate of drug-likeness (QED) is 0.728. The maximum absolute atomic E-state index is 11.4. The van der Waals surface area contributed by atoms with Crippen LogP contribution in [0.3, 0.4) is 0 Å². The van der Waals surface area contributed by atoms with Crippen molar-refractivity contribution in [3.05, 3.63) is 23.8 Å². The zero-order chi connectivity index (χ0) is 14.5. The van der Waals surface area contributed by atoms with E-state index in [1.807, 2.05) is 24.5 Å². The van der Waals surface area contributed by atoms with Gasteiger partial charge in [-0.2, -0.15) is 0 Å². The number of carboxylic acid groups (broad SMARTS) is 1. The van der Waals surface area contributed by atoms with Crippen molar-refractivity contribution in [1.82, 2.24) is 0 Å². The Balaban J connectivity index is 2.07. The first-order valence-corrected chi connectivity index (χ1v) is 8.16. The van der Waals surface area contributed by atoms with Gasteiger partial charge in [0.05, 0.1) is 11.7 Å². The van der Waals surface area contributed by atoms with Crippen LogP contribution in [0, 0.1) is 5.92 Å². The third-order valence-corrected chi connectivity index (χ3v) is 4.58. The lowest BCUT2D eigenvalue weighted by Gasteiger charge is -2.26. The van der Waals surface area contributed by atoms with E-state index in [4.69, 9.17) is 0 Å². The highest BCUT2D eigenvalue weighted by Crippen LogP contribution is 2.29. The van der Waals surface area contributed by atoms with Crippen LogP contribution < -0.4 is 5.32 Å². The number of hydrogen-bond acceptors (Lipinski definition) is 4. The fourth-order valence-electron chi connectivity index (χ4n) is 2.77. The van der Waals surface area contributed by atoms with E-state index in [2.05, 4.69) is 5.32 Å². The zero-order valence-corrected chi connectivity index (χ0v) is 12.4.